The SMILES string of the molecule is CN(C)S(=O)(=O)c1cccc(NC(=O)C2CCN(C(=O)OCC(F)(F)F)CC2)c1. The third kappa shape index (κ3) is 6.32. The minimum absolute atomic E-state index is 0.0301. The Hall–Kier alpha value is -2.34. The normalized spacial score (nSPS) is 16.0. The fraction of sp³-hybridized carbons (Fsp3) is 0.529. The van der Waals surface area contributed by atoms with E-state index in [1.54, 1.807) is 6.07 Å². The zero-order chi connectivity index (χ0) is 21.8. The van der Waals surface area contributed by atoms with E-state index in [0.29, 0.717) is 5.69 Å². The largest absolute Gasteiger partial charge is 0.440 e. The summed E-state index contributed by atoms with van der Waals surface area (Å²) in [6.45, 7) is -1.48. The smallest absolute Gasteiger partial charge is 0.422 e. The molecule has 29 heavy (non-hydrogen) atoms. The summed E-state index contributed by atoms with van der Waals surface area (Å²) < 4.78 is 66.0. The summed E-state index contributed by atoms with van der Waals surface area (Å²) >= 11 is 0. The van der Waals surface area contributed by atoms with Gasteiger partial charge in [0.05, 0.1) is 4.90 Å². The van der Waals surface area contributed by atoms with Crippen LogP contribution < -0.4 is 5.32 Å². The number of alkyl halides is 3. The van der Waals surface area contributed by atoms with Crippen molar-refractivity contribution in [2.75, 3.05) is 39.1 Å². The molecule has 0 unspecified atom stereocenters. The first kappa shape index (κ1) is 22.9. The van der Waals surface area contributed by atoms with E-state index in [9.17, 15) is 31.2 Å². The summed E-state index contributed by atoms with van der Waals surface area (Å²) in [6.07, 6.45) is -5.16. The molecular weight excluding hydrogens is 415 g/mol. The van der Waals surface area contributed by atoms with E-state index in [1.165, 1.54) is 32.3 Å². The van der Waals surface area contributed by atoms with E-state index in [1.807, 2.05) is 0 Å². The molecule has 1 saturated heterocycles. The van der Waals surface area contributed by atoms with Crippen LogP contribution in [0.3, 0.4) is 0 Å². The maximum atomic E-state index is 12.4. The number of nitrogens with one attached hydrogen (secondary N) is 1. The molecule has 0 aliphatic carbocycles. The van der Waals surface area contributed by atoms with Crippen molar-refractivity contribution in [2.45, 2.75) is 23.9 Å². The molecule has 0 saturated carbocycles. The average molecular weight is 437 g/mol. The predicted octanol–water partition coefficient (Wildman–Crippen LogP) is 2.29. The number of halogens is 3. The molecule has 1 fully saturated rings. The molecule has 1 aromatic carbocycles. The van der Waals surface area contributed by atoms with Crippen molar-refractivity contribution in [1.82, 2.24) is 9.21 Å². The van der Waals surface area contributed by atoms with Gasteiger partial charge in [-0.2, -0.15) is 13.2 Å². The zero-order valence-corrected chi connectivity index (χ0v) is 16.7. The molecule has 1 aliphatic heterocycles. The number of hydrogen-bond acceptors (Lipinski definition) is 5. The molecule has 0 aromatic heterocycles. The number of anilines is 1. The Bertz CT molecular complexity index is 850. The molecular formula is C17H22F3N3O5S. The maximum Gasteiger partial charge on any atom is 0.422 e. The van der Waals surface area contributed by atoms with Gasteiger partial charge in [0.25, 0.3) is 0 Å². The van der Waals surface area contributed by atoms with E-state index in [-0.39, 0.29) is 36.7 Å². The lowest BCUT2D eigenvalue weighted by atomic mass is 9.96. The van der Waals surface area contributed by atoms with Gasteiger partial charge in [0.15, 0.2) is 6.61 Å². The molecule has 0 radical (unpaired) electrons. The lowest BCUT2D eigenvalue weighted by Crippen LogP contribution is -2.42. The predicted molar refractivity (Wildman–Crippen MR) is 97.6 cm³/mol. The van der Waals surface area contributed by atoms with Crippen LogP contribution in [0.25, 0.3) is 0 Å². The van der Waals surface area contributed by atoms with Gasteiger partial charge in [-0.25, -0.2) is 17.5 Å². The van der Waals surface area contributed by atoms with Gasteiger partial charge in [-0.05, 0) is 31.0 Å². The Morgan fingerprint density at radius 3 is 2.41 bits per heavy atom. The molecule has 1 heterocycles. The molecule has 12 heteroatoms. The van der Waals surface area contributed by atoms with Gasteiger partial charge in [0, 0.05) is 38.8 Å². The fourth-order valence-corrected chi connectivity index (χ4v) is 3.70. The number of benzene rings is 1. The van der Waals surface area contributed by atoms with Crippen LogP contribution in [0.5, 0.6) is 0 Å². The molecule has 1 aliphatic rings. The number of nitrogens with zero attached hydrogens (tertiary/aromatic N) is 2. The number of hydrogen-bond donors (Lipinski definition) is 1. The van der Waals surface area contributed by atoms with Crippen molar-refractivity contribution in [2.24, 2.45) is 5.92 Å². The van der Waals surface area contributed by atoms with Crippen LogP contribution in [-0.2, 0) is 19.6 Å². The summed E-state index contributed by atoms with van der Waals surface area (Å²) in [7, 11) is -0.855. The Morgan fingerprint density at radius 2 is 1.86 bits per heavy atom. The second kappa shape index (κ2) is 8.99. The highest BCUT2D eigenvalue weighted by Gasteiger charge is 2.33. The van der Waals surface area contributed by atoms with E-state index in [0.717, 1.165) is 9.21 Å². The summed E-state index contributed by atoms with van der Waals surface area (Å²) in [6, 6.07) is 5.81. The van der Waals surface area contributed by atoms with Crippen LogP contribution >= 0.6 is 0 Å². The summed E-state index contributed by atoms with van der Waals surface area (Å²) in [5, 5.41) is 2.65. The first-order valence-electron chi connectivity index (χ1n) is 8.72. The van der Waals surface area contributed by atoms with Crippen LogP contribution in [0.2, 0.25) is 0 Å². The number of likely N-dealkylation sites (tertiary alicyclic amines) is 1. The number of piperidine rings is 1. The zero-order valence-electron chi connectivity index (χ0n) is 15.9. The molecule has 2 rings (SSSR count). The average Bonchev–Trinajstić information content (AvgIpc) is 2.65. The van der Waals surface area contributed by atoms with E-state index in [4.69, 9.17) is 0 Å². The first-order valence-corrected chi connectivity index (χ1v) is 10.2. The molecule has 8 nitrogen and oxygen atoms in total. The number of amides is 2. The topological polar surface area (TPSA) is 96.0 Å². The molecule has 2 amide bonds. The monoisotopic (exact) mass is 437 g/mol. The number of ether oxygens (including phenoxy) is 1. The van der Waals surface area contributed by atoms with Gasteiger partial charge in [0.1, 0.15) is 0 Å². The number of carbonyl (C=O) groups is 2. The minimum Gasteiger partial charge on any atom is -0.440 e. The standard InChI is InChI=1S/C17H22F3N3O5S/c1-22(2)29(26,27)14-5-3-4-13(10-14)21-15(24)12-6-8-23(9-7-12)16(25)28-11-17(18,19)20/h3-5,10,12H,6-9,11H2,1-2H3,(H,21,24). The van der Waals surface area contributed by atoms with Crippen LogP contribution in [0.4, 0.5) is 23.7 Å². The van der Waals surface area contributed by atoms with Gasteiger partial charge in [-0.15, -0.1) is 0 Å². The quantitative estimate of drug-likeness (QED) is 0.763. The number of carbonyl (C=O) groups excluding carboxylic acids is 2. The van der Waals surface area contributed by atoms with Crippen molar-refractivity contribution >= 4 is 27.7 Å². The van der Waals surface area contributed by atoms with Crippen LogP contribution in [0.15, 0.2) is 29.2 Å². The highest BCUT2D eigenvalue weighted by atomic mass is 32.2. The minimum atomic E-state index is -4.59. The first-order chi connectivity index (χ1) is 13.4. The molecule has 1 N–H and O–H groups in total. The Labute approximate surface area is 166 Å². The fourth-order valence-electron chi connectivity index (χ4n) is 2.75. The highest BCUT2D eigenvalue weighted by Crippen LogP contribution is 2.23. The molecule has 0 spiro atoms. The number of rotatable bonds is 5. The van der Waals surface area contributed by atoms with E-state index >= 15 is 0 Å². The second-order valence-corrected chi connectivity index (χ2v) is 8.89. The summed E-state index contributed by atoms with van der Waals surface area (Å²) in [5.41, 5.74) is 0.310. The third-order valence-electron chi connectivity index (χ3n) is 4.36. The summed E-state index contributed by atoms with van der Waals surface area (Å²) in [5.74, 6) is -0.816. The maximum absolute atomic E-state index is 12.4. The van der Waals surface area contributed by atoms with Gasteiger partial charge in [-0.1, -0.05) is 6.07 Å². The van der Waals surface area contributed by atoms with Gasteiger partial charge in [0.2, 0.25) is 15.9 Å². The van der Waals surface area contributed by atoms with Gasteiger partial charge < -0.3 is 15.0 Å². The van der Waals surface area contributed by atoms with Crippen LogP contribution in [0, 0.1) is 5.92 Å². The molecule has 0 bridgehead atoms. The molecule has 0 atom stereocenters. The van der Waals surface area contributed by atoms with Gasteiger partial charge >= 0.3 is 12.3 Å². The van der Waals surface area contributed by atoms with E-state index in [2.05, 4.69) is 10.1 Å². The Balaban J connectivity index is 1.91. The van der Waals surface area contributed by atoms with Crippen molar-refractivity contribution in [3.63, 3.8) is 0 Å². The van der Waals surface area contributed by atoms with E-state index < -0.39 is 34.8 Å². The molecule has 1 aromatic rings. The third-order valence-corrected chi connectivity index (χ3v) is 6.17. The van der Waals surface area contributed by atoms with Crippen molar-refractivity contribution in [3.05, 3.63) is 24.3 Å². The lowest BCUT2D eigenvalue weighted by Gasteiger charge is -2.30. The van der Waals surface area contributed by atoms with Crippen LogP contribution in [0.1, 0.15) is 12.8 Å². The van der Waals surface area contributed by atoms with Crippen molar-refractivity contribution < 1.29 is 35.9 Å². The molecule has 162 valence electrons. The lowest BCUT2D eigenvalue weighted by molar-refractivity contribution is -0.162. The Kier molecular flexibility index (Phi) is 7.11. The highest BCUT2D eigenvalue weighted by molar-refractivity contribution is 7.89. The van der Waals surface area contributed by atoms with Gasteiger partial charge in [-0.3, -0.25) is 4.79 Å². The van der Waals surface area contributed by atoms with Crippen molar-refractivity contribution in [1.29, 1.82) is 0 Å². The van der Waals surface area contributed by atoms with Crippen LogP contribution in [-0.4, -0.2) is 69.6 Å². The number of sulfonamides is 1. The second-order valence-electron chi connectivity index (χ2n) is 6.74. The Morgan fingerprint density at radius 1 is 1.24 bits per heavy atom. The summed E-state index contributed by atoms with van der Waals surface area (Å²) in [4.78, 5) is 25.2. The van der Waals surface area contributed by atoms with Crippen molar-refractivity contribution in [3.8, 4) is 0 Å².